The predicted molar refractivity (Wildman–Crippen MR) is 104 cm³/mol. The van der Waals surface area contributed by atoms with Gasteiger partial charge in [0.15, 0.2) is 23.2 Å². The number of Topliss-reactive ketones (excluding diaryl/α,β-unsaturated/α-hetero) is 1. The zero-order valence-electron chi connectivity index (χ0n) is 16.3. The molecule has 1 unspecified atom stereocenters. The van der Waals surface area contributed by atoms with Gasteiger partial charge in [-0.3, -0.25) is 14.5 Å². The van der Waals surface area contributed by atoms with Gasteiger partial charge in [-0.15, -0.1) is 0 Å². The van der Waals surface area contributed by atoms with Gasteiger partial charge in [-0.2, -0.15) is 0 Å². The summed E-state index contributed by atoms with van der Waals surface area (Å²) in [5, 5.41) is 10.5. The van der Waals surface area contributed by atoms with Gasteiger partial charge in [0.1, 0.15) is 5.75 Å². The maximum Gasteiger partial charge on any atom is 0.294 e. The summed E-state index contributed by atoms with van der Waals surface area (Å²) in [6.45, 7) is 5.62. The van der Waals surface area contributed by atoms with Crippen molar-refractivity contribution in [1.82, 2.24) is 0 Å². The lowest BCUT2D eigenvalue weighted by atomic mass is 9.91. The van der Waals surface area contributed by atoms with E-state index in [4.69, 9.17) is 4.74 Å². The minimum absolute atomic E-state index is 0.0332. The van der Waals surface area contributed by atoms with Crippen LogP contribution in [-0.2, 0) is 9.59 Å². The van der Waals surface area contributed by atoms with E-state index >= 15 is 0 Å². The molecular formula is C22H21F2NO4. The minimum atomic E-state index is -1.14. The maximum absolute atomic E-state index is 13.8. The highest BCUT2D eigenvalue weighted by atomic mass is 19.2. The number of aliphatic hydroxyl groups excluding tert-OH is 1. The third kappa shape index (κ3) is 3.72. The number of hydrogen-bond donors (Lipinski definition) is 1. The molecule has 152 valence electrons. The van der Waals surface area contributed by atoms with Crippen LogP contribution in [0.15, 0.2) is 53.8 Å². The van der Waals surface area contributed by atoms with E-state index in [-0.39, 0.29) is 11.3 Å². The van der Waals surface area contributed by atoms with Crippen LogP contribution in [0.1, 0.15) is 32.4 Å². The summed E-state index contributed by atoms with van der Waals surface area (Å²) in [6.07, 6.45) is 0. The highest BCUT2D eigenvalue weighted by Gasteiger charge is 2.44. The van der Waals surface area contributed by atoms with E-state index in [9.17, 15) is 23.5 Å². The molecule has 3 rings (SSSR count). The minimum Gasteiger partial charge on any atom is -0.503 e. The smallest absolute Gasteiger partial charge is 0.294 e. The number of aliphatic hydroxyl groups is 1. The van der Waals surface area contributed by atoms with Gasteiger partial charge in [-0.1, -0.05) is 26.0 Å². The Kier molecular flexibility index (Phi) is 5.68. The normalized spacial score (nSPS) is 16.7. The van der Waals surface area contributed by atoms with E-state index in [1.165, 1.54) is 6.07 Å². The van der Waals surface area contributed by atoms with Crippen molar-refractivity contribution in [3.05, 3.63) is 71.0 Å². The van der Waals surface area contributed by atoms with Crippen molar-refractivity contribution in [2.45, 2.75) is 26.8 Å². The number of ketones is 1. The Morgan fingerprint density at radius 2 is 1.79 bits per heavy atom. The van der Waals surface area contributed by atoms with E-state index in [2.05, 4.69) is 0 Å². The number of nitrogens with zero attached hydrogens (tertiary/aromatic N) is 1. The van der Waals surface area contributed by atoms with Crippen molar-refractivity contribution in [3.8, 4) is 5.75 Å². The fourth-order valence-electron chi connectivity index (χ4n) is 3.30. The average molecular weight is 401 g/mol. The predicted octanol–water partition coefficient (Wildman–Crippen LogP) is 4.49. The number of rotatable bonds is 6. The van der Waals surface area contributed by atoms with Gasteiger partial charge in [0.25, 0.3) is 5.91 Å². The van der Waals surface area contributed by atoms with E-state index in [1.807, 2.05) is 6.92 Å². The van der Waals surface area contributed by atoms with Crippen LogP contribution in [0.25, 0.3) is 0 Å². The first-order chi connectivity index (χ1) is 13.8. The molecule has 0 saturated carbocycles. The number of carbonyl (C=O) groups is 2. The molecule has 1 amide bonds. The molecule has 2 aromatic carbocycles. The van der Waals surface area contributed by atoms with E-state index in [0.29, 0.717) is 17.9 Å². The van der Waals surface area contributed by atoms with Gasteiger partial charge in [-0.25, -0.2) is 8.78 Å². The second-order valence-electron chi connectivity index (χ2n) is 6.96. The van der Waals surface area contributed by atoms with Gasteiger partial charge < -0.3 is 9.84 Å². The van der Waals surface area contributed by atoms with Crippen LogP contribution in [0.2, 0.25) is 0 Å². The number of amides is 1. The quantitative estimate of drug-likeness (QED) is 0.775. The van der Waals surface area contributed by atoms with E-state index in [1.54, 1.807) is 38.1 Å². The lowest BCUT2D eigenvalue weighted by Crippen LogP contribution is -2.31. The summed E-state index contributed by atoms with van der Waals surface area (Å²) < 4.78 is 32.7. The number of ether oxygens (including phenoxy) is 1. The third-order valence-electron chi connectivity index (χ3n) is 4.69. The molecule has 0 fully saturated rings. The zero-order chi connectivity index (χ0) is 21.3. The second kappa shape index (κ2) is 8.03. The van der Waals surface area contributed by atoms with E-state index < -0.39 is 41.0 Å². The molecule has 1 heterocycles. The highest BCUT2D eigenvalue weighted by molar-refractivity contribution is 6.16. The Hall–Kier alpha value is -3.22. The number of carbonyl (C=O) groups excluding carboxylic acids is 2. The number of halogens is 2. The van der Waals surface area contributed by atoms with Crippen LogP contribution in [0.5, 0.6) is 5.75 Å². The van der Waals surface area contributed by atoms with Crippen molar-refractivity contribution in [3.63, 3.8) is 0 Å². The topological polar surface area (TPSA) is 66.8 Å². The largest absolute Gasteiger partial charge is 0.503 e. The highest BCUT2D eigenvalue weighted by Crippen LogP contribution is 2.42. The Balaban J connectivity index is 2.15. The summed E-state index contributed by atoms with van der Waals surface area (Å²) in [7, 11) is 0. The Morgan fingerprint density at radius 3 is 2.34 bits per heavy atom. The maximum atomic E-state index is 13.8. The number of benzene rings is 2. The fraction of sp³-hybridized carbons (Fsp3) is 0.273. The first-order valence-corrected chi connectivity index (χ1v) is 9.25. The molecule has 0 radical (unpaired) electrons. The van der Waals surface area contributed by atoms with Gasteiger partial charge in [-0.05, 0) is 36.8 Å². The SMILES string of the molecule is CCOc1ccc(C2C(C(=O)C(C)C)=C(O)C(=O)N2c2ccc(F)c(F)c2)cc1. The molecule has 5 nitrogen and oxygen atoms in total. The second-order valence-corrected chi connectivity index (χ2v) is 6.96. The van der Waals surface area contributed by atoms with Crippen LogP contribution in [0.4, 0.5) is 14.5 Å². The fourth-order valence-corrected chi connectivity index (χ4v) is 3.30. The summed E-state index contributed by atoms with van der Waals surface area (Å²) >= 11 is 0. The lowest BCUT2D eigenvalue weighted by molar-refractivity contribution is -0.119. The van der Waals surface area contributed by atoms with Crippen LogP contribution in [0, 0.1) is 17.6 Å². The zero-order valence-corrected chi connectivity index (χ0v) is 16.3. The molecular weight excluding hydrogens is 380 g/mol. The van der Waals surface area contributed by atoms with Gasteiger partial charge >= 0.3 is 0 Å². The van der Waals surface area contributed by atoms with Crippen LogP contribution in [0.3, 0.4) is 0 Å². The molecule has 1 N–H and O–H groups in total. The molecule has 7 heteroatoms. The molecule has 1 atom stereocenters. The van der Waals surface area contributed by atoms with Crippen molar-refractivity contribution >= 4 is 17.4 Å². The van der Waals surface area contributed by atoms with Crippen LogP contribution >= 0.6 is 0 Å². The number of anilines is 1. The Morgan fingerprint density at radius 1 is 1.14 bits per heavy atom. The van der Waals surface area contributed by atoms with Gasteiger partial charge in [0.05, 0.1) is 18.2 Å². The Bertz CT molecular complexity index is 983. The first-order valence-electron chi connectivity index (χ1n) is 9.25. The van der Waals surface area contributed by atoms with Crippen LogP contribution < -0.4 is 9.64 Å². The summed E-state index contributed by atoms with van der Waals surface area (Å²) in [5.41, 5.74) is 0.490. The van der Waals surface area contributed by atoms with Crippen molar-refractivity contribution in [2.24, 2.45) is 5.92 Å². The van der Waals surface area contributed by atoms with Crippen molar-refractivity contribution in [2.75, 3.05) is 11.5 Å². The number of hydrogen-bond acceptors (Lipinski definition) is 4. The average Bonchev–Trinajstić information content (AvgIpc) is 2.95. The monoisotopic (exact) mass is 401 g/mol. The molecule has 0 aromatic heterocycles. The molecule has 0 spiro atoms. The first kappa shape index (κ1) is 20.5. The van der Waals surface area contributed by atoms with Gasteiger partial charge in [0, 0.05) is 17.7 Å². The van der Waals surface area contributed by atoms with Crippen molar-refractivity contribution in [1.29, 1.82) is 0 Å². The molecule has 0 saturated heterocycles. The van der Waals surface area contributed by atoms with Crippen LogP contribution in [-0.4, -0.2) is 23.4 Å². The summed E-state index contributed by atoms with van der Waals surface area (Å²) in [4.78, 5) is 26.7. The molecule has 1 aliphatic heterocycles. The molecule has 2 aromatic rings. The van der Waals surface area contributed by atoms with E-state index in [0.717, 1.165) is 17.0 Å². The molecule has 0 bridgehead atoms. The molecule has 0 aliphatic carbocycles. The molecule has 29 heavy (non-hydrogen) atoms. The molecule has 1 aliphatic rings. The van der Waals surface area contributed by atoms with Gasteiger partial charge in [0.2, 0.25) is 0 Å². The third-order valence-corrected chi connectivity index (χ3v) is 4.69. The lowest BCUT2D eigenvalue weighted by Gasteiger charge is -2.27. The summed E-state index contributed by atoms with van der Waals surface area (Å²) in [6, 6.07) is 8.71. The Labute approximate surface area is 167 Å². The summed E-state index contributed by atoms with van der Waals surface area (Å²) in [5.74, 6) is -4.01. The van der Waals surface area contributed by atoms with Crippen molar-refractivity contribution < 1.29 is 28.2 Å². The standard InChI is InChI=1S/C22H21F2NO4/c1-4-29-15-8-5-13(6-9-15)19-18(20(26)12(2)3)21(27)22(28)25(19)14-7-10-16(23)17(24)11-14/h5-12,19,27H,4H2,1-3H3.